The van der Waals surface area contributed by atoms with Gasteiger partial charge in [-0.3, -0.25) is 14.6 Å². The van der Waals surface area contributed by atoms with Gasteiger partial charge in [0.25, 0.3) is 11.8 Å². The number of nitrogens with zero attached hydrogens (tertiary/aromatic N) is 3. The molecular formula is C20H20ClN3O3. The number of hydrogen-bond donors (Lipinski definition) is 0. The summed E-state index contributed by atoms with van der Waals surface area (Å²) in [6.45, 7) is 2.53. The number of ether oxygens (including phenoxy) is 1. The minimum atomic E-state index is -0.126. The predicted molar refractivity (Wildman–Crippen MR) is 101 cm³/mol. The van der Waals surface area contributed by atoms with Crippen molar-refractivity contribution in [3.8, 4) is 0 Å². The van der Waals surface area contributed by atoms with Crippen molar-refractivity contribution in [2.75, 3.05) is 26.8 Å². The smallest absolute Gasteiger partial charge is 0.255 e. The van der Waals surface area contributed by atoms with Crippen molar-refractivity contribution in [3.63, 3.8) is 0 Å². The molecule has 6 nitrogen and oxygen atoms in total. The van der Waals surface area contributed by atoms with Crippen LogP contribution in [0.25, 0.3) is 0 Å². The second-order valence-electron chi connectivity index (χ2n) is 6.80. The Hall–Kier alpha value is -2.44. The van der Waals surface area contributed by atoms with Crippen LogP contribution < -0.4 is 0 Å². The van der Waals surface area contributed by atoms with Crippen LogP contribution >= 0.6 is 11.6 Å². The van der Waals surface area contributed by atoms with Crippen LogP contribution in [0.2, 0.25) is 5.02 Å². The summed E-state index contributed by atoms with van der Waals surface area (Å²) >= 11 is 6.05. The number of rotatable bonds is 4. The van der Waals surface area contributed by atoms with Crippen LogP contribution in [0, 0.1) is 0 Å². The van der Waals surface area contributed by atoms with Crippen LogP contribution in [0.1, 0.15) is 37.5 Å². The Kier molecular flexibility index (Phi) is 4.85. The van der Waals surface area contributed by atoms with Gasteiger partial charge in [0.05, 0.1) is 22.8 Å². The van der Waals surface area contributed by atoms with E-state index in [0.29, 0.717) is 55.4 Å². The predicted octanol–water partition coefficient (Wildman–Crippen LogP) is 2.54. The average Bonchev–Trinajstić information content (AvgIpc) is 3.01. The molecule has 2 aliphatic rings. The van der Waals surface area contributed by atoms with Gasteiger partial charge >= 0.3 is 0 Å². The second kappa shape index (κ2) is 7.29. The lowest BCUT2D eigenvalue weighted by Gasteiger charge is -2.29. The van der Waals surface area contributed by atoms with Gasteiger partial charge in [0, 0.05) is 51.6 Å². The summed E-state index contributed by atoms with van der Waals surface area (Å²) in [6.07, 6.45) is 2.32. The maximum atomic E-state index is 13.2. The van der Waals surface area contributed by atoms with Gasteiger partial charge in [0.15, 0.2) is 0 Å². The zero-order chi connectivity index (χ0) is 19.0. The van der Waals surface area contributed by atoms with Gasteiger partial charge in [-0.2, -0.15) is 0 Å². The molecule has 0 fully saturated rings. The molecule has 0 aliphatic carbocycles. The molecule has 0 saturated heterocycles. The Bertz CT molecular complexity index is 915. The molecule has 0 radical (unpaired) electrons. The molecule has 0 bridgehead atoms. The normalized spacial score (nSPS) is 15.7. The van der Waals surface area contributed by atoms with Crippen LogP contribution in [0.5, 0.6) is 0 Å². The lowest BCUT2D eigenvalue weighted by molar-refractivity contribution is 0.0693. The molecule has 0 spiro atoms. The maximum absolute atomic E-state index is 13.2. The van der Waals surface area contributed by atoms with E-state index in [-0.39, 0.29) is 11.8 Å². The van der Waals surface area contributed by atoms with Gasteiger partial charge in [0.1, 0.15) is 0 Å². The standard InChI is InChI=1S/C20H20ClN3O3/c1-27-8-7-24-11-13-3-2-4-16(18(13)20(24)26)19(25)23-6-5-17-14(12-23)9-15(21)10-22-17/h2-4,9-10H,5-8,11-12H2,1H3. The minimum Gasteiger partial charge on any atom is -0.383 e. The second-order valence-corrected chi connectivity index (χ2v) is 7.23. The zero-order valence-corrected chi connectivity index (χ0v) is 15.8. The van der Waals surface area contributed by atoms with Gasteiger partial charge < -0.3 is 14.5 Å². The number of carbonyl (C=O) groups is 2. The highest BCUT2D eigenvalue weighted by atomic mass is 35.5. The van der Waals surface area contributed by atoms with Crippen LogP contribution in [-0.2, 0) is 24.2 Å². The fourth-order valence-electron chi connectivity index (χ4n) is 3.72. The number of pyridine rings is 1. The van der Waals surface area contributed by atoms with E-state index in [1.54, 1.807) is 29.2 Å². The first-order valence-electron chi connectivity index (χ1n) is 8.91. The largest absolute Gasteiger partial charge is 0.383 e. The number of carbonyl (C=O) groups excluding carboxylic acids is 2. The lowest BCUT2D eigenvalue weighted by atomic mass is 10.00. The molecule has 1 aromatic carbocycles. The van der Waals surface area contributed by atoms with Gasteiger partial charge in [-0.25, -0.2) is 0 Å². The van der Waals surface area contributed by atoms with Crippen molar-refractivity contribution < 1.29 is 14.3 Å². The molecule has 7 heteroatoms. The van der Waals surface area contributed by atoms with Crippen molar-refractivity contribution in [2.24, 2.45) is 0 Å². The summed E-state index contributed by atoms with van der Waals surface area (Å²) in [4.78, 5) is 33.9. The molecule has 4 rings (SSSR count). The highest BCUT2D eigenvalue weighted by Crippen LogP contribution is 2.28. The van der Waals surface area contributed by atoms with E-state index in [1.807, 2.05) is 18.2 Å². The number of benzene rings is 1. The fraction of sp³-hybridized carbons (Fsp3) is 0.350. The van der Waals surface area contributed by atoms with Crippen LogP contribution in [0.4, 0.5) is 0 Å². The van der Waals surface area contributed by atoms with Crippen LogP contribution in [-0.4, -0.2) is 53.4 Å². The van der Waals surface area contributed by atoms with E-state index in [4.69, 9.17) is 16.3 Å². The van der Waals surface area contributed by atoms with Crippen molar-refractivity contribution in [3.05, 3.63) is 63.4 Å². The first-order chi connectivity index (χ1) is 13.1. The Balaban J connectivity index is 1.60. The molecule has 2 amide bonds. The van der Waals surface area contributed by atoms with Crippen LogP contribution in [0.15, 0.2) is 30.5 Å². The van der Waals surface area contributed by atoms with Gasteiger partial charge in [-0.05, 0) is 23.3 Å². The summed E-state index contributed by atoms with van der Waals surface area (Å²) in [5, 5.41) is 0.563. The summed E-state index contributed by atoms with van der Waals surface area (Å²) in [6, 6.07) is 7.35. The van der Waals surface area contributed by atoms with Crippen molar-refractivity contribution in [2.45, 2.75) is 19.5 Å². The van der Waals surface area contributed by atoms with E-state index in [0.717, 1.165) is 16.8 Å². The Morgan fingerprint density at radius 1 is 1.30 bits per heavy atom. The number of halogens is 1. The van der Waals surface area contributed by atoms with Crippen molar-refractivity contribution >= 4 is 23.4 Å². The summed E-state index contributed by atoms with van der Waals surface area (Å²) in [7, 11) is 1.61. The quantitative estimate of drug-likeness (QED) is 0.811. The Labute approximate surface area is 162 Å². The monoisotopic (exact) mass is 385 g/mol. The van der Waals surface area contributed by atoms with E-state index < -0.39 is 0 Å². The lowest BCUT2D eigenvalue weighted by Crippen LogP contribution is -2.37. The summed E-state index contributed by atoms with van der Waals surface area (Å²) < 4.78 is 5.08. The number of amides is 2. The molecule has 0 saturated carbocycles. The molecule has 27 heavy (non-hydrogen) atoms. The Morgan fingerprint density at radius 3 is 2.96 bits per heavy atom. The SMILES string of the molecule is COCCN1Cc2cccc(C(=O)N3CCc4ncc(Cl)cc4C3)c2C1=O. The van der Waals surface area contributed by atoms with Crippen molar-refractivity contribution in [1.82, 2.24) is 14.8 Å². The molecule has 0 N–H and O–H groups in total. The van der Waals surface area contributed by atoms with E-state index in [1.165, 1.54) is 0 Å². The third-order valence-corrected chi connectivity index (χ3v) is 5.31. The number of fused-ring (bicyclic) bond motifs is 2. The first kappa shape index (κ1) is 17.9. The van der Waals surface area contributed by atoms with Gasteiger partial charge in [0.2, 0.25) is 0 Å². The molecule has 0 unspecified atom stereocenters. The molecular weight excluding hydrogens is 366 g/mol. The fourth-order valence-corrected chi connectivity index (χ4v) is 3.90. The Morgan fingerprint density at radius 2 is 2.15 bits per heavy atom. The number of methoxy groups -OCH3 is 1. The highest BCUT2D eigenvalue weighted by Gasteiger charge is 2.33. The minimum absolute atomic E-state index is 0.104. The topological polar surface area (TPSA) is 62.7 Å². The van der Waals surface area contributed by atoms with E-state index in [2.05, 4.69) is 4.98 Å². The molecule has 0 atom stereocenters. The number of hydrogen-bond acceptors (Lipinski definition) is 4. The van der Waals surface area contributed by atoms with Gasteiger partial charge in [-0.1, -0.05) is 23.7 Å². The third kappa shape index (κ3) is 3.31. The molecule has 1 aromatic heterocycles. The van der Waals surface area contributed by atoms with Crippen LogP contribution in [0.3, 0.4) is 0 Å². The third-order valence-electron chi connectivity index (χ3n) is 5.10. The number of aromatic nitrogens is 1. The average molecular weight is 386 g/mol. The maximum Gasteiger partial charge on any atom is 0.255 e. The zero-order valence-electron chi connectivity index (χ0n) is 15.1. The van der Waals surface area contributed by atoms with E-state index >= 15 is 0 Å². The summed E-state index contributed by atoms with van der Waals surface area (Å²) in [5.41, 5.74) is 3.82. The first-order valence-corrected chi connectivity index (χ1v) is 9.29. The molecule has 3 heterocycles. The molecule has 2 aromatic rings. The van der Waals surface area contributed by atoms with Crippen molar-refractivity contribution in [1.29, 1.82) is 0 Å². The molecule has 2 aliphatic heterocycles. The van der Waals surface area contributed by atoms with E-state index in [9.17, 15) is 9.59 Å². The van der Waals surface area contributed by atoms with Gasteiger partial charge in [-0.15, -0.1) is 0 Å². The summed E-state index contributed by atoms with van der Waals surface area (Å²) in [5.74, 6) is -0.229. The highest BCUT2D eigenvalue weighted by molar-refractivity contribution is 6.30. The molecule has 140 valence electrons.